The number of non-ortho nitro benzene ring substituents is 1. The van der Waals surface area contributed by atoms with Crippen LogP contribution in [0.2, 0.25) is 0 Å². The summed E-state index contributed by atoms with van der Waals surface area (Å²) < 4.78 is 4.87. The fraction of sp³-hybridized carbons (Fsp3) is 0.462. The Bertz CT molecular complexity index is 449. The summed E-state index contributed by atoms with van der Waals surface area (Å²) in [6.07, 6.45) is -0.778. The van der Waals surface area contributed by atoms with Gasteiger partial charge in [-0.05, 0) is 12.1 Å². The van der Waals surface area contributed by atoms with Crippen molar-refractivity contribution in [3.63, 3.8) is 0 Å². The van der Waals surface area contributed by atoms with Gasteiger partial charge in [0, 0.05) is 30.8 Å². The number of benzene rings is 1. The first-order chi connectivity index (χ1) is 9.61. The van der Waals surface area contributed by atoms with Crippen LogP contribution < -0.4 is 4.90 Å². The van der Waals surface area contributed by atoms with Crippen molar-refractivity contribution in [3.05, 3.63) is 34.4 Å². The van der Waals surface area contributed by atoms with Gasteiger partial charge >= 0.3 is 0 Å². The van der Waals surface area contributed by atoms with E-state index < -0.39 is 17.3 Å². The van der Waals surface area contributed by atoms with Gasteiger partial charge in [-0.3, -0.25) is 14.9 Å². The zero-order valence-corrected chi connectivity index (χ0v) is 11.4. The van der Waals surface area contributed by atoms with Gasteiger partial charge in [-0.15, -0.1) is 0 Å². The third-order valence-electron chi connectivity index (χ3n) is 2.83. The zero-order valence-electron chi connectivity index (χ0n) is 11.4. The van der Waals surface area contributed by atoms with Gasteiger partial charge in [0.05, 0.1) is 11.0 Å². The van der Waals surface area contributed by atoms with Gasteiger partial charge < -0.3 is 14.7 Å². The fourth-order valence-corrected chi connectivity index (χ4v) is 2.01. The van der Waals surface area contributed by atoms with Crippen LogP contribution in [-0.2, 0) is 9.53 Å². The predicted octanol–water partition coefficient (Wildman–Crippen LogP) is 1.69. The summed E-state index contributed by atoms with van der Waals surface area (Å²) >= 11 is 0. The highest BCUT2D eigenvalue weighted by Crippen LogP contribution is 2.27. The van der Waals surface area contributed by atoms with Gasteiger partial charge in [0.2, 0.25) is 0 Å². The lowest BCUT2D eigenvalue weighted by Crippen LogP contribution is -2.31. The van der Waals surface area contributed by atoms with E-state index in [1.54, 1.807) is 17.0 Å². The Hall–Kier alpha value is -2.15. The molecule has 0 aromatic heterocycles. The Morgan fingerprint density at radius 3 is 2.50 bits per heavy atom. The van der Waals surface area contributed by atoms with Crippen LogP contribution >= 0.6 is 0 Å². The van der Waals surface area contributed by atoms with Crippen LogP contribution in [0.15, 0.2) is 24.3 Å². The maximum atomic E-state index is 10.5. The molecule has 110 valence electrons. The number of rotatable bonds is 4. The van der Waals surface area contributed by atoms with Gasteiger partial charge in [-0.1, -0.05) is 13.8 Å². The molecule has 20 heavy (non-hydrogen) atoms. The summed E-state index contributed by atoms with van der Waals surface area (Å²) in [6.45, 7) is 4.66. The molecule has 1 aliphatic rings. The number of nitro benzene ring substituents is 1. The van der Waals surface area contributed by atoms with E-state index in [4.69, 9.17) is 4.74 Å². The average molecular weight is 282 g/mol. The Kier molecular flexibility index (Phi) is 5.92. The molecule has 1 aromatic rings. The van der Waals surface area contributed by atoms with Crippen LogP contribution in [-0.4, -0.2) is 35.4 Å². The van der Waals surface area contributed by atoms with Gasteiger partial charge in [0.15, 0.2) is 6.23 Å². The Labute approximate surface area is 116 Å². The summed E-state index contributed by atoms with van der Waals surface area (Å²) in [5.74, 6) is 0. The number of aliphatic hydroxyl groups excluding tert-OH is 1. The van der Waals surface area contributed by atoms with E-state index in [2.05, 4.69) is 0 Å². The fourth-order valence-electron chi connectivity index (χ4n) is 2.01. The maximum absolute atomic E-state index is 10.5. The van der Waals surface area contributed by atoms with Crippen LogP contribution in [0, 0.1) is 10.1 Å². The van der Waals surface area contributed by atoms with Crippen molar-refractivity contribution in [2.24, 2.45) is 0 Å². The van der Waals surface area contributed by atoms with E-state index in [0.717, 1.165) is 0 Å². The molecule has 1 aliphatic heterocycles. The molecule has 1 saturated heterocycles. The summed E-state index contributed by atoms with van der Waals surface area (Å²) in [5.41, 5.74) is 0.662. The quantitative estimate of drug-likeness (QED) is 0.513. The Morgan fingerprint density at radius 1 is 1.40 bits per heavy atom. The van der Waals surface area contributed by atoms with E-state index in [1.807, 2.05) is 13.8 Å². The summed E-state index contributed by atoms with van der Waals surface area (Å²) in [5, 5.41) is 20.1. The highest BCUT2D eigenvalue weighted by Gasteiger charge is 2.32. The summed E-state index contributed by atoms with van der Waals surface area (Å²) in [7, 11) is 0. The minimum Gasteiger partial charge on any atom is -0.444 e. The second-order valence-electron chi connectivity index (χ2n) is 4.00. The molecule has 0 amide bonds. The van der Waals surface area contributed by atoms with Crippen molar-refractivity contribution in [1.82, 2.24) is 0 Å². The van der Waals surface area contributed by atoms with Crippen LogP contribution in [0.4, 0.5) is 11.4 Å². The molecule has 1 aromatic carbocycles. The SMILES string of the molecule is CC.O=CO[C@@H]1C[C@@H](O)CN1c1ccc([N+](=O)[O-])cc1. The molecule has 2 rings (SSSR count). The minimum absolute atomic E-state index is 0.00801. The molecule has 0 unspecified atom stereocenters. The number of anilines is 1. The number of nitrogens with zero attached hydrogens (tertiary/aromatic N) is 2. The molecule has 1 fully saturated rings. The monoisotopic (exact) mass is 282 g/mol. The predicted molar refractivity (Wildman–Crippen MR) is 73.4 cm³/mol. The standard InChI is InChI=1S/C11H12N2O5.C2H6/c14-7-18-11-5-10(15)6-12(11)8-1-3-9(4-2-8)13(16)17;1-2/h1-4,7,10-11,15H,5-6H2;1-2H3/t10-,11-;/m1./s1. The molecule has 7 heteroatoms. The van der Waals surface area contributed by atoms with Crippen molar-refractivity contribution in [3.8, 4) is 0 Å². The van der Waals surface area contributed by atoms with Gasteiger partial charge in [-0.2, -0.15) is 0 Å². The third-order valence-corrected chi connectivity index (χ3v) is 2.83. The van der Waals surface area contributed by atoms with Crippen LogP contribution in [0.3, 0.4) is 0 Å². The highest BCUT2D eigenvalue weighted by atomic mass is 16.6. The molecule has 0 spiro atoms. The number of β-amino-alcohol motifs (C(OH)–C–C–N with tert-alkyl or cyclic N) is 1. The largest absolute Gasteiger partial charge is 0.444 e. The zero-order chi connectivity index (χ0) is 15.1. The minimum atomic E-state index is -0.579. The number of hydrogen-bond donors (Lipinski definition) is 1. The number of carbonyl (C=O) groups is 1. The molecular formula is C13H18N2O5. The first-order valence-corrected chi connectivity index (χ1v) is 6.40. The summed E-state index contributed by atoms with van der Waals surface area (Å²) in [4.78, 5) is 22.1. The lowest BCUT2D eigenvalue weighted by atomic mass is 10.2. The molecule has 0 radical (unpaired) electrons. The molecule has 7 nitrogen and oxygen atoms in total. The Morgan fingerprint density at radius 2 is 2.00 bits per heavy atom. The number of carbonyl (C=O) groups excluding carboxylic acids is 1. The van der Waals surface area contributed by atoms with E-state index >= 15 is 0 Å². The van der Waals surface area contributed by atoms with Crippen LogP contribution in [0.5, 0.6) is 0 Å². The Balaban J connectivity index is 0.000000956. The first kappa shape index (κ1) is 15.9. The van der Waals surface area contributed by atoms with E-state index in [-0.39, 0.29) is 5.69 Å². The van der Waals surface area contributed by atoms with E-state index in [1.165, 1.54) is 12.1 Å². The molecule has 1 N–H and O–H groups in total. The van der Waals surface area contributed by atoms with Crippen LogP contribution in [0.25, 0.3) is 0 Å². The normalized spacial score (nSPS) is 20.9. The second-order valence-corrected chi connectivity index (χ2v) is 4.00. The lowest BCUT2D eigenvalue weighted by molar-refractivity contribution is -0.384. The first-order valence-electron chi connectivity index (χ1n) is 6.40. The number of ether oxygens (including phenoxy) is 1. The van der Waals surface area contributed by atoms with Crippen molar-refractivity contribution in [1.29, 1.82) is 0 Å². The smallest absolute Gasteiger partial charge is 0.295 e. The molecule has 0 aliphatic carbocycles. The van der Waals surface area contributed by atoms with E-state index in [0.29, 0.717) is 25.1 Å². The van der Waals surface area contributed by atoms with Crippen molar-refractivity contribution in [2.45, 2.75) is 32.6 Å². The molecule has 1 heterocycles. The number of aliphatic hydroxyl groups is 1. The van der Waals surface area contributed by atoms with Gasteiger partial charge in [0.1, 0.15) is 0 Å². The van der Waals surface area contributed by atoms with Gasteiger partial charge in [-0.25, -0.2) is 0 Å². The highest BCUT2D eigenvalue weighted by molar-refractivity contribution is 5.53. The van der Waals surface area contributed by atoms with E-state index in [9.17, 15) is 20.0 Å². The van der Waals surface area contributed by atoms with Crippen LogP contribution in [0.1, 0.15) is 20.3 Å². The number of hydrogen-bond acceptors (Lipinski definition) is 6. The molecule has 2 atom stereocenters. The topological polar surface area (TPSA) is 92.9 Å². The van der Waals surface area contributed by atoms with Crippen molar-refractivity contribution in [2.75, 3.05) is 11.4 Å². The van der Waals surface area contributed by atoms with Crippen molar-refractivity contribution < 1.29 is 19.6 Å². The average Bonchev–Trinajstić information content (AvgIpc) is 2.82. The van der Waals surface area contributed by atoms with Crippen molar-refractivity contribution >= 4 is 17.8 Å². The van der Waals surface area contributed by atoms with Gasteiger partial charge in [0.25, 0.3) is 12.2 Å². The second kappa shape index (κ2) is 7.44. The number of nitro groups is 1. The summed E-state index contributed by atoms with van der Waals surface area (Å²) in [6, 6.07) is 5.88. The lowest BCUT2D eigenvalue weighted by Gasteiger charge is -2.24. The maximum Gasteiger partial charge on any atom is 0.295 e. The molecule has 0 saturated carbocycles. The molecular weight excluding hydrogens is 264 g/mol. The third kappa shape index (κ3) is 3.67. The molecule has 0 bridgehead atoms.